The SMILES string of the molecule is CO[C@H]1O[C@H](COC(C)=O)[C@@H]2SC(=O)O[C@@H]2[C@H]1OC(C)=O. The highest BCUT2D eigenvalue weighted by Gasteiger charge is 2.55. The minimum atomic E-state index is -0.901. The van der Waals surface area contributed by atoms with Crippen molar-refractivity contribution in [1.82, 2.24) is 0 Å². The first-order chi connectivity index (χ1) is 9.92. The van der Waals surface area contributed by atoms with Crippen molar-refractivity contribution in [3.63, 3.8) is 0 Å². The number of ether oxygens (including phenoxy) is 5. The van der Waals surface area contributed by atoms with Crippen LogP contribution < -0.4 is 0 Å². The molecule has 0 aromatic rings. The molecule has 2 heterocycles. The van der Waals surface area contributed by atoms with Gasteiger partial charge >= 0.3 is 17.2 Å². The summed E-state index contributed by atoms with van der Waals surface area (Å²) >= 11 is 0.928. The van der Waals surface area contributed by atoms with E-state index in [1.807, 2.05) is 0 Å². The second kappa shape index (κ2) is 6.63. The quantitative estimate of drug-likeness (QED) is 0.541. The van der Waals surface area contributed by atoms with Crippen LogP contribution in [0.5, 0.6) is 0 Å². The number of rotatable bonds is 4. The fraction of sp³-hybridized carbons (Fsp3) is 0.750. The van der Waals surface area contributed by atoms with Gasteiger partial charge in [0.2, 0.25) is 0 Å². The lowest BCUT2D eigenvalue weighted by molar-refractivity contribution is -0.263. The molecule has 0 bridgehead atoms. The molecule has 21 heavy (non-hydrogen) atoms. The Kier molecular flexibility index (Phi) is 5.07. The van der Waals surface area contributed by atoms with E-state index in [1.54, 1.807) is 0 Å². The molecule has 118 valence electrons. The second-order valence-electron chi connectivity index (χ2n) is 4.57. The lowest BCUT2D eigenvalue weighted by Crippen LogP contribution is -2.58. The van der Waals surface area contributed by atoms with Crippen LogP contribution in [-0.2, 0) is 33.3 Å². The Morgan fingerprint density at radius 2 is 2.00 bits per heavy atom. The summed E-state index contributed by atoms with van der Waals surface area (Å²) in [5.41, 5.74) is 0. The molecule has 0 spiro atoms. The molecule has 2 aliphatic heterocycles. The molecule has 0 radical (unpaired) electrons. The van der Waals surface area contributed by atoms with E-state index in [0.29, 0.717) is 0 Å². The monoisotopic (exact) mass is 320 g/mol. The molecule has 2 aliphatic rings. The third-order valence-corrected chi connectivity index (χ3v) is 4.17. The Labute approximate surface area is 125 Å². The topological polar surface area (TPSA) is 97.4 Å². The average Bonchev–Trinajstić information content (AvgIpc) is 2.78. The van der Waals surface area contributed by atoms with Crippen LogP contribution in [0.4, 0.5) is 4.79 Å². The van der Waals surface area contributed by atoms with Gasteiger partial charge in [0.15, 0.2) is 18.5 Å². The lowest BCUT2D eigenvalue weighted by atomic mass is 10.0. The maximum Gasteiger partial charge on any atom is 0.368 e. The van der Waals surface area contributed by atoms with Crippen LogP contribution in [0.3, 0.4) is 0 Å². The van der Waals surface area contributed by atoms with Crippen LogP contribution >= 0.6 is 11.8 Å². The maximum atomic E-state index is 11.5. The summed E-state index contributed by atoms with van der Waals surface area (Å²) in [7, 11) is 1.38. The molecule has 0 N–H and O–H groups in total. The highest BCUT2D eigenvalue weighted by Crippen LogP contribution is 2.40. The first-order valence-corrected chi connectivity index (χ1v) is 7.16. The van der Waals surface area contributed by atoms with Gasteiger partial charge in [-0.15, -0.1) is 0 Å². The Bertz CT molecular complexity index is 439. The van der Waals surface area contributed by atoms with E-state index in [0.717, 1.165) is 11.8 Å². The van der Waals surface area contributed by atoms with Gasteiger partial charge in [0.1, 0.15) is 12.7 Å². The number of hydrogen-bond donors (Lipinski definition) is 0. The summed E-state index contributed by atoms with van der Waals surface area (Å²) in [6.45, 7) is 2.49. The van der Waals surface area contributed by atoms with Crippen LogP contribution in [0.15, 0.2) is 0 Å². The molecule has 0 aromatic carbocycles. The maximum absolute atomic E-state index is 11.5. The van der Waals surface area contributed by atoms with Crippen LogP contribution in [0.1, 0.15) is 13.8 Å². The molecular formula is C12H16O8S. The molecule has 5 atom stereocenters. The number of methoxy groups -OCH3 is 1. The van der Waals surface area contributed by atoms with Crippen LogP contribution in [0, 0.1) is 0 Å². The van der Waals surface area contributed by atoms with E-state index in [2.05, 4.69) is 0 Å². The Balaban J connectivity index is 2.16. The van der Waals surface area contributed by atoms with Gasteiger partial charge < -0.3 is 23.7 Å². The van der Waals surface area contributed by atoms with Crippen molar-refractivity contribution in [1.29, 1.82) is 0 Å². The van der Waals surface area contributed by atoms with E-state index in [4.69, 9.17) is 23.7 Å². The summed E-state index contributed by atoms with van der Waals surface area (Å²) in [5, 5.41) is -0.928. The van der Waals surface area contributed by atoms with E-state index in [-0.39, 0.29) is 6.61 Å². The second-order valence-corrected chi connectivity index (χ2v) is 5.68. The third kappa shape index (κ3) is 3.66. The average molecular weight is 320 g/mol. The Morgan fingerprint density at radius 1 is 1.29 bits per heavy atom. The highest BCUT2D eigenvalue weighted by molar-refractivity contribution is 8.14. The predicted octanol–water partition coefficient (Wildman–Crippen LogP) is 0.473. The van der Waals surface area contributed by atoms with Gasteiger partial charge in [-0.25, -0.2) is 4.79 Å². The standard InChI is InChI=1S/C12H16O8S/c1-5(13)17-4-7-10-8(20-12(15)21-10)9(18-6(2)14)11(16-3)19-7/h7-11H,4H2,1-3H3/t7-,8-,9-,10+,11+/m1/s1. The van der Waals surface area contributed by atoms with Crippen LogP contribution in [-0.4, -0.2) is 60.8 Å². The smallest absolute Gasteiger partial charge is 0.368 e. The lowest BCUT2D eigenvalue weighted by Gasteiger charge is -2.40. The highest BCUT2D eigenvalue weighted by atomic mass is 32.2. The summed E-state index contributed by atoms with van der Waals surface area (Å²) in [6.07, 6.45) is -3.05. The molecule has 9 heteroatoms. The zero-order chi connectivity index (χ0) is 15.6. The third-order valence-electron chi connectivity index (χ3n) is 3.04. The number of fused-ring (bicyclic) bond motifs is 1. The number of esters is 2. The van der Waals surface area contributed by atoms with Crippen molar-refractivity contribution in [2.45, 2.75) is 43.7 Å². The van der Waals surface area contributed by atoms with Gasteiger partial charge in [0, 0.05) is 21.0 Å². The van der Waals surface area contributed by atoms with Gasteiger partial charge in [-0.1, -0.05) is 0 Å². The molecule has 0 saturated carbocycles. The van der Waals surface area contributed by atoms with Crippen molar-refractivity contribution >= 4 is 29.0 Å². The van der Waals surface area contributed by atoms with E-state index in [1.165, 1.54) is 21.0 Å². The number of hydrogen-bond acceptors (Lipinski definition) is 9. The van der Waals surface area contributed by atoms with E-state index < -0.39 is 47.1 Å². The molecule has 0 aromatic heterocycles. The molecule has 2 saturated heterocycles. The molecule has 0 amide bonds. The van der Waals surface area contributed by atoms with Gasteiger partial charge in [-0.3, -0.25) is 9.59 Å². The van der Waals surface area contributed by atoms with E-state index >= 15 is 0 Å². The van der Waals surface area contributed by atoms with Crippen molar-refractivity contribution in [3.8, 4) is 0 Å². The van der Waals surface area contributed by atoms with Crippen LogP contribution in [0.25, 0.3) is 0 Å². The Morgan fingerprint density at radius 3 is 2.57 bits per heavy atom. The molecule has 2 fully saturated rings. The number of carbonyl (C=O) groups excluding carboxylic acids is 3. The minimum Gasteiger partial charge on any atom is -0.463 e. The minimum absolute atomic E-state index is 0.0349. The Hall–Kier alpha value is -1.32. The molecular weight excluding hydrogens is 304 g/mol. The zero-order valence-electron chi connectivity index (χ0n) is 11.8. The van der Waals surface area contributed by atoms with E-state index in [9.17, 15) is 14.4 Å². The van der Waals surface area contributed by atoms with Crippen molar-refractivity contribution < 1.29 is 38.1 Å². The first-order valence-electron chi connectivity index (χ1n) is 6.28. The molecule has 2 rings (SSSR count). The summed E-state index contributed by atoms with van der Waals surface area (Å²) in [4.78, 5) is 33.6. The first kappa shape index (κ1) is 16.1. The number of thioether (sulfide) groups is 1. The van der Waals surface area contributed by atoms with Gasteiger partial charge in [0.25, 0.3) is 0 Å². The fourth-order valence-corrected chi connectivity index (χ4v) is 3.27. The fourth-order valence-electron chi connectivity index (χ4n) is 2.25. The van der Waals surface area contributed by atoms with Crippen LogP contribution in [0.2, 0.25) is 0 Å². The van der Waals surface area contributed by atoms with Crippen molar-refractivity contribution in [2.24, 2.45) is 0 Å². The molecule has 0 aliphatic carbocycles. The summed E-state index contributed by atoms with van der Waals surface area (Å²) in [6, 6.07) is 0. The van der Waals surface area contributed by atoms with Gasteiger partial charge in [-0.2, -0.15) is 0 Å². The predicted molar refractivity (Wildman–Crippen MR) is 69.5 cm³/mol. The van der Waals surface area contributed by atoms with Gasteiger partial charge in [0.05, 0.1) is 5.25 Å². The largest absolute Gasteiger partial charge is 0.463 e. The van der Waals surface area contributed by atoms with Crippen molar-refractivity contribution in [2.75, 3.05) is 13.7 Å². The molecule has 8 nitrogen and oxygen atoms in total. The van der Waals surface area contributed by atoms with Crippen molar-refractivity contribution in [3.05, 3.63) is 0 Å². The summed E-state index contributed by atoms with van der Waals surface area (Å²) in [5.74, 6) is -0.989. The zero-order valence-corrected chi connectivity index (χ0v) is 12.6. The summed E-state index contributed by atoms with van der Waals surface area (Å²) < 4.78 is 26.0. The normalized spacial score (nSPS) is 34.8. The van der Waals surface area contributed by atoms with Gasteiger partial charge in [-0.05, 0) is 11.8 Å². The molecule has 0 unspecified atom stereocenters. The number of carbonyl (C=O) groups is 3.